The molecule has 0 saturated carbocycles. The van der Waals surface area contributed by atoms with Gasteiger partial charge in [-0.05, 0) is 18.6 Å². The molecule has 150 valence electrons. The molecule has 0 aliphatic carbocycles. The van der Waals surface area contributed by atoms with Crippen LogP contribution in [0.15, 0.2) is 65.2 Å². The summed E-state index contributed by atoms with van der Waals surface area (Å²) in [5.41, 5.74) is 4.80. The predicted octanol–water partition coefficient (Wildman–Crippen LogP) is 3.95. The van der Waals surface area contributed by atoms with Crippen LogP contribution in [0.1, 0.15) is 29.3 Å². The molecular weight excluding hydrogens is 378 g/mol. The van der Waals surface area contributed by atoms with E-state index in [4.69, 9.17) is 4.52 Å². The summed E-state index contributed by atoms with van der Waals surface area (Å²) < 4.78 is 5.45. The van der Waals surface area contributed by atoms with Gasteiger partial charge >= 0.3 is 0 Å². The van der Waals surface area contributed by atoms with Crippen molar-refractivity contribution in [1.29, 1.82) is 0 Å². The molecule has 1 aliphatic rings. The number of aryl methyl sites for hydroxylation is 1. The summed E-state index contributed by atoms with van der Waals surface area (Å²) in [7, 11) is 0. The van der Waals surface area contributed by atoms with Crippen LogP contribution in [0.5, 0.6) is 0 Å². The molecule has 3 heterocycles. The molecule has 1 N–H and O–H groups in total. The van der Waals surface area contributed by atoms with E-state index in [1.165, 1.54) is 5.56 Å². The molecule has 30 heavy (non-hydrogen) atoms. The van der Waals surface area contributed by atoms with E-state index >= 15 is 0 Å². The van der Waals surface area contributed by atoms with Crippen molar-refractivity contribution in [2.75, 3.05) is 6.54 Å². The van der Waals surface area contributed by atoms with E-state index in [0.717, 1.165) is 16.8 Å². The van der Waals surface area contributed by atoms with Gasteiger partial charge in [-0.2, -0.15) is 10.1 Å². The standard InChI is InChI=1S/C23H21N5O2/c1-15-7-9-16(10-8-15)13-28-14-18(11-21(28)29)22-24-23(30-27-22)20-12-19(25-26-20)17-5-3-2-4-6-17/h2-10,12,18H,11,13-14H2,1H3,(H,25,26). The van der Waals surface area contributed by atoms with Gasteiger partial charge in [0, 0.05) is 31.0 Å². The fourth-order valence-electron chi connectivity index (χ4n) is 3.71. The van der Waals surface area contributed by atoms with Crippen LogP contribution in [-0.2, 0) is 11.3 Å². The maximum atomic E-state index is 12.5. The molecule has 2 aromatic heterocycles. The van der Waals surface area contributed by atoms with Crippen LogP contribution in [0.25, 0.3) is 22.8 Å². The van der Waals surface area contributed by atoms with Crippen molar-refractivity contribution >= 4 is 5.91 Å². The van der Waals surface area contributed by atoms with Gasteiger partial charge in [0.1, 0.15) is 5.69 Å². The fourth-order valence-corrected chi connectivity index (χ4v) is 3.71. The van der Waals surface area contributed by atoms with Crippen LogP contribution in [0.3, 0.4) is 0 Å². The summed E-state index contributed by atoms with van der Waals surface area (Å²) in [5.74, 6) is 0.974. The molecule has 2 aromatic carbocycles. The third-order valence-electron chi connectivity index (χ3n) is 5.39. The zero-order valence-electron chi connectivity index (χ0n) is 16.6. The SMILES string of the molecule is Cc1ccc(CN2CC(c3noc(-c4cc(-c5ccccc5)n[nH]4)n3)CC2=O)cc1. The molecule has 0 bridgehead atoms. The molecule has 0 radical (unpaired) electrons. The highest BCUT2D eigenvalue weighted by Crippen LogP contribution is 2.29. The number of amides is 1. The summed E-state index contributed by atoms with van der Waals surface area (Å²) in [6.45, 7) is 3.24. The second kappa shape index (κ2) is 7.59. The number of benzene rings is 2. The average Bonchev–Trinajstić information content (AvgIpc) is 3.50. The highest BCUT2D eigenvalue weighted by Gasteiger charge is 2.33. The Kier molecular flexibility index (Phi) is 4.63. The predicted molar refractivity (Wildman–Crippen MR) is 111 cm³/mol. The molecule has 1 saturated heterocycles. The van der Waals surface area contributed by atoms with Crippen molar-refractivity contribution in [1.82, 2.24) is 25.2 Å². The summed E-state index contributed by atoms with van der Waals surface area (Å²) in [4.78, 5) is 18.9. The first-order chi connectivity index (χ1) is 14.7. The fraction of sp³-hybridized carbons (Fsp3) is 0.217. The van der Waals surface area contributed by atoms with Gasteiger partial charge in [-0.15, -0.1) is 0 Å². The van der Waals surface area contributed by atoms with Crippen molar-refractivity contribution in [2.45, 2.75) is 25.8 Å². The van der Waals surface area contributed by atoms with Gasteiger partial charge < -0.3 is 9.42 Å². The number of rotatable bonds is 5. The Labute approximate surface area is 173 Å². The minimum absolute atomic E-state index is 0.0723. The first kappa shape index (κ1) is 18.3. The van der Waals surface area contributed by atoms with Gasteiger partial charge in [0.2, 0.25) is 5.91 Å². The second-order valence-corrected chi connectivity index (χ2v) is 7.65. The second-order valence-electron chi connectivity index (χ2n) is 7.65. The van der Waals surface area contributed by atoms with E-state index in [9.17, 15) is 4.79 Å². The molecule has 1 atom stereocenters. The van der Waals surface area contributed by atoms with Gasteiger partial charge in [-0.25, -0.2) is 0 Å². The first-order valence-electron chi connectivity index (χ1n) is 9.94. The van der Waals surface area contributed by atoms with Crippen LogP contribution >= 0.6 is 0 Å². The molecule has 1 amide bonds. The Morgan fingerprint density at radius 2 is 1.93 bits per heavy atom. The zero-order chi connectivity index (χ0) is 20.5. The average molecular weight is 399 g/mol. The number of H-pyrrole nitrogens is 1. The highest BCUT2D eigenvalue weighted by atomic mass is 16.5. The third kappa shape index (κ3) is 3.61. The quantitative estimate of drug-likeness (QED) is 0.549. The lowest BCUT2D eigenvalue weighted by atomic mass is 10.1. The number of likely N-dealkylation sites (tertiary alicyclic amines) is 1. The lowest BCUT2D eigenvalue weighted by molar-refractivity contribution is -0.128. The number of carbonyl (C=O) groups is 1. The summed E-state index contributed by atoms with van der Waals surface area (Å²) in [5, 5.41) is 11.4. The number of nitrogens with one attached hydrogen (secondary N) is 1. The number of aromatic amines is 1. The summed E-state index contributed by atoms with van der Waals surface area (Å²) in [6, 6.07) is 20.0. The van der Waals surface area contributed by atoms with Gasteiger partial charge in [0.25, 0.3) is 5.89 Å². The Hall–Kier alpha value is -3.74. The molecule has 7 heteroatoms. The van der Waals surface area contributed by atoms with Crippen molar-refractivity contribution in [3.05, 3.63) is 77.6 Å². The maximum Gasteiger partial charge on any atom is 0.275 e. The van der Waals surface area contributed by atoms with Gasteiger partial charge in [-0.1, -0.05) is 65.3 Å². The molecule has 5 rings (SSSR count). The third-order valence-corrected chi connectivity index (χ3v) is 5.39. The van der Waals surface area contributed by atoms with Crippen molar-refractivity contribution < 1.29 is 9.32 Å². The molecule has 1 fully saturated rings. The Morgan fingerprint density at radius 3 is 2.73 bits per heavy atom. The summed E-state index contributed by atoms with van der Waals surface area (Å²) in [6.07, 6.45) is 0.392. The minimum Gasteiger partial charge on any atom is -0.338 e. The van der Waals surface area contributed by atoms with Crippen LogP contribution in [0, 0.1) is 6.92 Å². The number of aromatic nitrogens is 4. The molecule has 1 aliphatic heterocycles. The van der Waals surface area contributed by atoms with E-state index in [1.54, 1.807) is 0 Å². The number of carbonyl (C=O) groups excluding carboxylic acids is 1. The van der Waals surface area contributed by atoms with Crippen LogP contribution in [-0.4, -0.2) is 37.7 Å². The molecule has 0 spiro atoms. The normalized spacial score (nSPS) is 16.4. The number of hydrogen-bond acceptors (Lipinski definition) is 5. The Balaban J connectivity index is 1.29. The van der Waals surface area contributed by atoms with E-state index in [2.05, 4.69) is 51.5 Å². The Bertz CT molecular complexity index is 1160. The molecule has 4 aromatic rings. The highest BCUT2D eigenvalue weighted by molar-refractivity contribution is 5.79. The van der Waals surface area contributed by atoms with Crippen molar-refractivity contribution in [2.24, 2.45) is 0 Å². The van der Waals surface area contributed by atoms with E-state index < -0.39 is 0 Å². The summed E-state index contributed by atoms with van der Waals surface area (Å²) >= 11 is 0. The topological polar surface area (TPSA) is 87.9 Å². The van der Waals surface area contributed by atoms with E-state index in [1.807, 2.05) is 41.3 Å². The monoisotopic (exact) mass is 399 g/mol. The maximum absolute atomic E-state index is 12.5. The van der Waals surface area contributed by atoms with Gasteiger partial charge in [-0.3, -0.25) is 9.89 Å². The number of nitrogens with zero attached hydrogens (tertiary/aromatic N) is 4. The van der Waals surface area contributed by atoms with E-state index in [-0.39, 0.29) is 11.8 Å². The number of hydrogen-bond donors (Lipinski definition) is 1. The smallest absolute Gasteiger partial charge is 0.275 e. The Morgan fingerprint density at radius 1 is 1.13 bits per heavy atom. The van der Waals surface area contributed by atoms with Crippen LogP contribution < -0.4 is 0 Å². The molecule has 1 unspecified atom stereocenters. The molecular formula is C23H21N5O2. The van der Waals surface area contributed by atoms with Crippen LogP contribution in [0.2, 0.25) is 0 Å². The molecule has 7 nitrogen and oxygen atoms in total. The van der Waals surface area contributed by atoms with E-state index in [0.29, 0.717) is 36.9 Å². The largest absolute Gasteiger partial charge is 0.338 e. The lowest BCUT2D eigenvalue weighted by Gasteiger charge is -2.16. The lowest BCUT2D eigenvalue weighted by Crippen LogP contribution is -2.24. The first-order valence-corrected chi connectivity index (χ1v) is 9.94. The van der Waals surface area contributed by atoms with Crippen LogP contribution in [0.4, 0.5) is 0 Å². The van der Waals surface area contributed by atoms with Crippen molar-refractivity contribution in [3.8, 4) is 22.8 Å². The van der Waals surface area contributed by atoms with Crippen molar-refractivity contribution in [3.63, 3.8) is 0 Å². The minimum atomic E-state index is -0.0723. The van der Waals surface area contributed by atoms with Gasteiger partial charge in [0.05, 0.1) is 5.69 Å². The van der Waals surface area contributed by atoms with Gasteiger partial charge in [0.15, 0.2) is 5.82 Å². The zero-order valence-corrected chi connectivity index (χ0v) is 16.6.